The van der Waals surface area contributed by atoms with E-state index < -0.39 is 0 Å². The molecule has 0 aliphatic rings. The Morgan fingerprint density at radius 3 is 1.92 bits per heavy atom. The van der Waals surface area contributed by atoms with Gasteiger partial charge in [0, 0.05) is 0 Å². The predicted octanol–water partition coefficient (Wildman–Crippen LogP) is 7.86. The van der Waals surface area contributed by atoms with Crippen molar-refractivity contribution in [3.63, 3.8) is 0 Å². The van der Waals surface area contributed by atoms with E-state index in [9.17, 15) is 0 Å². The molecule has 2 nitrogen and oxygen atoms in total. The van der Waals surface area contributed by atoms with Crippen molar-refractivity contribution in [3.05, 3.63) is 18.2 Å². The summed E-state index contributed by atoms with van der Waals surface area (Å²) in [6.45, 7) is 9.34. The molecule has 2 atom stereocenters. The summed E-state index contributed by atoms with van der Waals surface area (Å²) in [6, 6.07) is 0.626. The molecule has 1 aromatic rings. The van der Waals surface area contributed by atoms with Gasteiger partial charge in [-0.05, 0) is 32.6 Å². The molecule has 0 bridgehead atoms. The first kappa shape index (κ1) is 23.2. The van der Waals surface area contributed by atoms with Crippen LogP contribution < -0.4 is 4.57 Å². The van der Waals surface area contributed by atoms with Gasteiger partial charge in [0.2, 0.25) is 0 Å². The van der Waals surface area contributed by atoms with Gasteiger partial charge < -0.3 is 0 Å². The van der Waals surface area contributed by atoms with Crippen molar-refractivity contribution < 1.29 is 4.57 Å². The number of hydrogen-bond acceptors (Lipinski definition) is 0. The summed E-state index contributed by atoms with van der Waals surface area (Å²) in [5.74, 6) is 2.17. The fourth-order valence-electron chi connectivity index (χ4n) is 4.14. The Morgan fingerprint density at radius 2 is 1.31 bits per heavy atom. The molecule has 0 aromatic carbocycles. The maximum Gasteiger partial charge on any atom is 0.257 e. The van der Waals surface area contributed by atoms with E-state index >= 15 is 0 Å². The molecule has 0 saturated carbocycles. The standard InChI is InChI=1S/C24H46N2/c1-5-8-10-12-13-14-15-16-18-22(4)26-21-20-25-24(26)23(7-3)19-17-11-9-6-2/h20-23H,5-19H2,1-4H3/p+1. The van der Waals surface area contributed by atoms with Crippen molar-refractivity contribution in [1.82, 2.24) is 4.98 Å². The van der Waals surface area contributed by atoms with E-state index in [4.69, 9.17) is 0 Å². The Morgan fingerprint density at radius 1 is 0.769 bits per heavy atom. The molecular weight excluding hydrogens is 316 g/mol. The normalized spacial score (nSPS) is 13.8. The molecule has 0 aliphatic carbocycles. The van der Waals surface area contributed by atoms with Crippen LogP contribution in [0.2, 0.25) is 0 Å². The van der Waals surface area contributed by atoms with E-state index in [1.54, 1.807) is 0 Å². The van der Waals surface area contributed by atoms with Gasteiger partial charge in [0.1, 0.15) is 12.4 Å². The zero-order valence-corrected chi connectivity index (χ0v) is 18.4. The van der Waals surface area contributed by atoms with Crippen LogP contribution in [0.5, 0.6) is 0 Å². The Labute approximate surface area is 164 Å². The minimum atomic E-state index is 0.626. The minimum absolute atomic E-state index is 0.626. The molecule has 0 aliphatic heterocycles. The molecule has 1 rings (SSSR count). The lowest BCUT2D eigenvalue weighted by atomic mass is 9.96. The molecule has 0 spiro atoms. The number of nitrogens with zero attached hydrogens (tertiary/aromatic N) is 1. The molecule has 1 aromatic heterocycles. The van der Waals surface area contributed by atoms with E-state index in [2.05, 4.69) is 49.6 Å². The Hall–Kier alpha value is -0.790. The third-order valence-electron chi connectivity index (χ3n) is 5.98. The molecule has 152 valence electrons. The first-order valence-electron chi connectivity index (χ1n) is 11.8. The number of imidazole rings is 1. The maximum atomic E-state index is 3.57. The van der Waals surface area contributed by atoms with E-state index in [0.717, 1.165) is 0 Å². The number of aromatic amines is 1. The lowest BCUT2D eigenvalue weighted by Crippen LogP contribution is -2.41. The molecule has 1 N–H and O–H groups in total. The van der Waals surface area contributed by atoms with Gasteiger partial charge in [-0.3, -0.25) is 0 Å². The SMILES string of the molecule is CCCCCCCCCCC(C)[n+]1cc[nH]c1C(CC)CCCCCC. The van der Waals surface area contributed by atoms with Gasteiger partial charge in [-0.1, -0.05) is 91.4 Å². The predicted molar refractivity (Wildman–Crippen MR) is 115 cm³/mol. The number of rotatable bonds is 17. The zero-order chi connectivity index (χ0) is 19.0. The van der Waals surface area contributed by atoms with Gasteiger partial charge in [0.15, 0.2) is 0 Å². The average Bonchev–Trinajstić information content (AvgIpc) is 3.13. The second-order valence-electron chi connectivity index (χ2n) is 8.32. The Kier molecular flexibility index (Phi) is 13.7. The summed E-state index contributed by atoms with van der Waals surface area (Å²) in [4.78, 5) is 3.57. The highest BCUT2D eigenvalue weighted by molar-refractivity contribution is 4.89. The van der Waals surface area contributed by atoms with Crippen LogP contribution in [0, 0.1) is 0 Å². The molecule has 0 saturated heterocycles. The van der Waals surface area contributed by atoms with Gasteiger partial charge in [0.25, 0.3) is 5.82 Å². The van der Waals surface area contributed by atoms with Crippen molar-refractivity contribution in [2.75, 3.05) is 0 Å². The Bertz CT molecular complexity index is 424. The highest BCUT2D eigenvalue weighted by Crippen LogP contribution is 2.24. The molecule has 26 heavy (non-hydrogen) atoms. The first-order chi connectivity index (χ1) is 12.7. The van der Waals surface area contributed by atoms with E-state index in [1.165, 1.54) is 102 Å². The number of hydrogen-bond donors (Lipinski definition) is 1. The van der Waals surface area contributed by atoms with Crippen LogP contribution >= 0.6 is 0 Å². The highest BCUT2D eigenvalue weighted by Gasteiger charge is 2.24. The second-order valence-corrected chi connectivity index (χ2v) is 8.32. The van der Waals surface area contributed by atoms with Gasteiger partial charge in [0.05, 0.1) is 12.0 Å². The van der Waals surface area contributed by atoms with Crippen LogP contribution in [0.25, 0.3) is 0 Å². The van der Waals surface area contributed by atoms with Crippen molar-refractivity contribution >= 4 is 0 Å². The van der Waals surface area contributed by atoms with Gasteiger partial charge in [-0.25, -0.2) is 9.55 Å². The summed E-state index contributed by atoms with van der Waals surface area (Å²) in [7, 11) is 0. The van der Waals surface area contributed by atoms with E-state index in [-0.39, 0.29) is 0 Å². The maximum absolute atomic E-state index is 3.57. The van der Waals surface area contributed by atoms with Crippen molar-refractivity contribution in [2.45, 2.75) is 136 Å². The molecule has 0 fully saturated rings. The van der Waals surface area contributed by atoms with Crippen molar-refractivity contribution in [3.8, 4) is 0 Å². The average molecular weight is 364 g/mol. The molecule has 2 heteroatoms. The number of nitrogens with one attached hydrogen (secondary N) is 1. The van der Waals surface area contributed by atoms with Crippen LogP contribution in [-0.2, 0) is 0 Å². The summed E-state index contributed by atoms with van der Waals surface area (Å²) in [5, 5.41) is 0. The number of aromatic nitrogens is 2. The summed E-state index contributed by atoms with van der Waals surface area (Å²) in [6.07, 6.45) is 25.1. The van der Waals surface area contributed by atoms with Crippen LogP contribution in [-0.4, -0.2) is 4.98 Å². The van der Waals surface area contributed by atoms with Gasteiger partial charge in [-0.2, -0.15) is 0 Å². The molecule has 0 radical (unpaired) electrons. The lowest BCUT2D eigenvalue weighted by Gasteiger charge is -2.15. The zero-order valence-electron chi connectivity index (χ0n) is 18.4. The Balaban J connectivity index is 2.33. The van der Waals surface area contributed by atoms with Crippen molar-refractivity contribution in [2.24, 2.45) is 0 Å². The smallest absolute Gasteiger partial charge is 0.247 e. The minimum Gasteiger partial charge on any atom is -0.247 e. The molecular formula is C24H47N2+. The third kappa shape index (κ3) is 9.24. The van der Waals surface area contributed by atoms with Crippen LogP contribution in [0.15, 0.2) is 12.4 Å². The number of unbranched alkanes of at least 4 members (excludes halogenated alkanes) is 10. The van der Waals surface area contributed by atoms with Gasteiger partial charge >= 0.3 is 0 Å². The summed E-state index contributed by atoms with van der Waals surface area (Å²) < 4.78 is 2.54. The van der Waals surface area contributed by atoms with E-state index in [0.29, 0.717) is 12.0 Å². The third-order valence-corrected chi connectivity index (χ3v) is 5.98. The molecule has 0 amide bonds. The van der Waals surface area contributed by atoms with Crippen LogP contribution in [0.4, 0.5) is 0 Å². The lowest BCUT2D eigenvalue weighted by molar-refractivity contribution is -0.727. The van der Waals surface area contributed by atoms with Crippen LogP contribution in [0.1, 0.15) is 142 Å². The summed E-state index contributed by atoms with van der Waals surface area (Å²) >= 11 is 0. The molecule has 1 heterocycles. The quantitative estimate of drug-likeness (QED) is 0.215. The fraction of sp³-hybridized carbons (Fsp3) is 0.875. The van der Waals surface area contributed by atoms with Gasteiger partial charge in [-0.15, -0.1) is 0 Å². The van der Waals surface area contributed by atoms with E-state index in [1.807, 2.05) is 0 Å². The summed E-state index contributed by atoms with van der Waals surface area (Å²) in [5.41, 5.74) is 0. The highest BCUT2D eigenvalue weighted by atomic mass is 15.1. The first-order valence-corrected chi connectivity index (χ1v) is 11.8. The number of H-pyrrole nitrogens is 1. The second kappa shape index (κ2) is 15.3. The monoisotopic (exact) mass is 363 g/mol. The van der Waals surface area contributed by atoms with Crippen LogP contribution in [0.3, 0.4) is 0 Å². The largest absolute Gasteiger partial charge is 0.257 e. The molecule has 2 unspecified atom stereocenters. The van der Waals surface area contributed by atoms with Crippen molar-refractivity contribution in [1.29, 1.82) is 0 Å². The topological polar surface area (TPSA) is 19.7 Å². The fourth-order valence-corrected chi connectivity index (χ4v) is 4.14.